The molecule has 1 aromatic carbocycles. The molecule has 1 aliphatic heterocycles. The Balaban J connectivity index is 1.99. The second-order valence-corrected chi connectivity index (χ2v) is 7.14. The molecule has 0 spiro atoms. The molecule has 2 rings (SSSR count). The van der Waals surface area contributed by atoms with E-state index in [4.69, 9.17) is 27.9 Å². The summed E-state index contributed by atoms with van der Waals surface area (Å²) in [4.78, 5) is 38.0. The maximum absolute atomic E-state index is 12.7. The van der Waals surface area contributed by atoms with Gasteiger partial charge in [0, 0.05) is 15.6 Å². The number of hydrogen-bond donors (Lipinski definition) is 1. The van der Waals surface area contributed by atoms with Crippen LogP contribution in [0.15, 0.2) is 18.2 Å². The van der Waals surface area contributed by atoms with Gasteiger partial charge in [0.05, 0.1) is 0 Å². The van der Waals surface area contributed by atoms with Crippen LogP contribution < -0.4 is 5.32 Å². The maximum atomic E-state index is 12.7. The number of carbonyl (C=O) groups is 3. The Morgan fingerprint density at radius 1 is 1.19 bits per heavy atom. The first kappa shape index (κ1) is 20.5. The van der Waals surface area contributed by atoms with Gasteiger partial charge in [-0.05, 0) is 25.0 Å². The van der Waals surface area contributed by atoms with E-state index in [2.05, 4.69) is 5.32 Å². The quantitative estimate of drug-likeness (QED) is 0.529. The molecule has 0 atom stereocenters. The van der Waals surface area contributed by atoms with Crippen LogP contribution in [0.25, 0.3) is 0 Å². The minimum absolute atomic E-state index is 0.0620. The Labute approximate surface area is 162 Å². The average Bonchev–Trinajstić information content (AvgIpc) is 2.79. The number of hydrogen-bond acceptors (Lipinski definition) is 4. The van der Waals surface area contributed by atoms with E-state index >= 15 is 0 Å². The van der Waals surface area contributed by atoms with Crippen molar-refractivity contribution in [3.63, 3.8) is 0 Å². The molecule has 1 heterocycles. The largest absolute Gasteiger partial charge is 0.459 e. The molecule has 142 valence electrons. The van der Waals surface area contributed by atoms with Gasteiger partial charge >= 0.3 is 12.0 Å². The molecule has 1 fully saturated rings. The van der Waals surface area contributed by atoms with E-state index in [1.54, 1.807) is 18.2 Å². The molecule has 8 heteroatoms. The Hall–Kier alpha value is -1.79. The summed E-state index contributed by atoms with van der Waals surface area (Å²) < 4.78 is 5.16. The lowest BCUT2D eigenvalue weighted by Crippen LogP contribution is -2.47. The number of carbonyl (C=O) groups excluding carboxylic acids is 3. The Bertz CT molecular complexity index is 702. The summed E-state index contributed by atoms with van der Waals surface area (Å²) in [5.41, 5.74) is -0.326. The predicted molar refractivity (Wildman–Crippen MR) is 99.0 cm³/mol. The first-order valence-electron chi connectivity index (χ1n) is 8.56. The van der Waals surface area contributed by atoms with Crippen molar-refractivity contribution in [1.82, 2.24) is 10.2 Å². The van der Waals surface area contributed by atoms with Gasteiger partial charge in [-0.15, -0.1) is 0 Å². The number of benzene rings is 1. The monoisotopic (exact) mass is 400 g/mol. The highest BCUT2D eigenvalue weighted by Crippen LogP contribution is 2.28. The van der Waals surface area contributed by atoms with E-state index in [0.717, 1.165) is 17.7 Å². The summed E-state index contributed by atoms with van der Waals surface area (Å²) in [5.74, 6) is -1.05. The summed E-state index contributed by atoms with van der Waals surface area (Å²) in [5, 5.41) is 3.62. The number of imide groups is 1. The first-order chi connectivity index (χ1) is 12.3. The molecule has 0 saturated carbocycles. The lowest BCUT2D eigenvalue weighted by molar-refractivity contribution is -0.149. The van der Waals surface area contributed by atoms with Gasteiger partial charge in [0.2, 0.25) is 0 Å². The van der Waals surface area contributed by atoms with Gasteiger partial charge in [-0.25, -0.2) is 4.79 Å². The van der Waals surface area contributed by atoms with Gasteiger partial charge < -0.3 is 10.1 Å². The van der Waals surface area contributed by atoms with Crippen LogP contribution in [-0.2, 0) is 20.9 Å². The zero-order valence-electron chi connectivity index (χ0n) is 14.8. The molecule has 0 bridgehead atoms. The van der Waals surface area contributed by atoms with Gasteiger partial charge in [-0.3, -0.25) is 14.5 Å². The standard InChI is InChI=1S/C18H22Cl2N2O4/c1-3-7-18(8-4-2)16(24)22(17(25)21-18)10-15(23)26-11-12-5-6-13(19)9-14(12)20/h5-6,9H,3-4,7-8,10-11H2,1-2H3,(H,21,25). The summed E-state index contributed by atoms with van der Waals surface area (Å²) in [6.07, 6.45) is 2.58. The topological polar surface area (TPSA) is 75.7 Å². The smallest absolute Gasteiger partial charge is 0.326 e. The van der Waals surface area contributed by atoms with Crippen molar-refractivity contribution in [1.29, 1.82) is 0 Å². The van der Waals surface area contributed by atoms with Crippen LogP contribution in [0.5, 0.6) is 0 Å². The van der Waals surface area contributed by atoms with Crippen molar-refractivity contribution in [3.8, 4) is 0 Å². The summed E-state index contributed by atoms with van der Waals surface area (Å²) in [7, 11) is 0. The highest BCUT2D eigenvalue weighted by atomic mass is 35.5. The molecule has 0 radical (unpaired) electrons. The van der Waals surface area contributed by atoms with Crippen molar-refractivity contribution < 1.29 is 19.1 Å². The summed E-state index contributed by atoms with van der Waals surface area (Å²) in [6, 6.07) is 4.28. The number of rotatable bonds is 8. The summed E-state index contributed by atoms with van der Waals surface area (Å²) >= 11 is 11.9. The number of urea groups is 1. The number of ether oxygens (including phenoxy) is 1. The Kier molecular flexibility index (Phi) is 6.89. The third-order valence-electron chi connectivity index (χ3n) is 4.29. The maximum Gasteiger partial charge on any atom is 0.326 e. The third-order valence-corrected chi connectivity index (χ3v) is 4.88. The van der Waals surface area contributed by atoms with Crippen LogP contribution in [0.2, 0.25) is 10.0 Å². The number of nitrogens with zero attached hydrogens (tertiary/aromatic N) is 1. The van der Waals surface area contributed by atoms with E-state index in [1.807, 2.05) is 13.8 Å². The van der Waals surface area contributed by atoms with Crippen molar-refractivity contribution in [2.24, 2.45) is 0 Å². The minimum atomic E-state index is -0.916. The molecule has 1 N–H and O–H groups in total. The van der Waals surface area contributed by atoms with E-state index in [1.165, 1.54) is 0 Å². The fraction of sp³-hybridized carbons (Fsp3) is 0.500. The number of esters is 1. The van der Waals surface area contributed by atoms with E-state index in [9.17, 15) is 14.4 Å². The molecule has 0 aromatic heterocycles. The zero-order valence-corrected chi connectivity index (χ0v) is 16.3. The third kappa shape index (κ3) is 4.48. The van der Waals surface area contributed by atoms with E-state index in [0.29, 0.717) is 28.5 Å². The zero-order chi connectivity index (χ0) is 19.3. The molecular weight excluding hydrogens is 379 g/mol. The molecule has 1 aromatic rings. The van der Waals surface area contributed by atoms with E-state index < -0.39 is 24.1 Å². The molecule has 1 saturated heterocycles. The highest BCUT2D eigenvalue weighted by Gasteiger charge is 2.50. The minimum Gasteiger partial charge on any atom is -0.459 e. The highest BCUT2D eigenvalue weighted by molar-refractivity contribution is 6.35. The van der Waals surface area contributed by atoms with Gasteiger partial charge in [-0.1, -0.05) is 56.0 Å². The molecule has 26 heavy (non-hydrogen) atoms. The fourth-order valence-corrected chi connectivity index (χ4v) is 3.57. The Morgan fingerprint density at radius 3 is 2.42 bits per heavy atom. The van der Waals surface area contributed by atoms with Crippen LogP contribution in [-0.4, -0.2) is 34.9 Å². The van der Waals surface area contributed by atoms with Crippen LogP contribution in [0.1, 0.15) is 45.1 Å². The lowest BCUT2D eigenvalue weighted by atomic mass is 9.88. The first-order valence-corrected chi connectivity index (χ1v) is 9.32. The number of nitrogens with one attached hydrogen (secondary N) is 1. The molecule has 6 nitrogen and oxygen atoms in total. The molecular formula is C18H22Cl2N2O4. The predicted octanol–water partition coefficient (Wildman–Crippen LogP) is 3.93. The van der Waals surface area contributed by atoms with Crippen molar-refractivity contribution in [3.05, 3.63) is 33.8 Å². The van der Waals surface area contributed by atoms with Crippen LogP contribution in [0.4, 0.5) is 4.79 Å². The fourth-order valence-electron chi connectivity index (χ4n) is 3.11. The number of halogens is 2. The van der Waals surface area contributed by atoms with Gasteiger partial charge in [0.15, 0.2) is 0 Å². The molecule has 0 aliphatic carbocycles. The van der Waals surface area contributed by atoms with Gasteiger partial charge in [0.1, 0.15) is 18.7 Å². The van der Waals surface area contributed by atoms with Crippen molar-refractivity contribution >= 4 is 41.1 Å². The van der Waals surface area contributed by atoms with Crippen molar-refractivity contribution in [2.45, 2.75) is 51.7 Å². The van der Waals surface area contributed by atoms with Crippen LogP contribution in [0, 0.1) is 0 Å². The number of amides is 3. The SMILES string of the molecule is CCCC1(CCC)NC(=O)N(CC(=O)OCc2ccc(Cl)cc2Cl)C1=O. The Morgan fingerprint density at radius 2 is 1.85 bits per heavy atom. The van der Waals surface area contributed by atoms with Gasteiger partial charge in [-0.2, -0.15) is 0 Å². The lowest BCUT2D eigenvalue weighted by Gasteiger charge is -2.25. The van der Waals surface area contributed by atoms with Crippen LogP contribution >= 0.6 is 23.2 Å². The van der Waals surface area contributed by atoms with E-state index in [-0.39, 0.29) is 12.5 Å². The molecule has 1 aliphatic rings. The second kappa shape index (κ2) is 8.73. The average molecular weight is 401 g/mol. The van der Waals surface area contributed by atoms with Crippen LogP contribution in [0.3, 0.4) is 0 Å². The normalized spacial score (nSPS) is 15.9. The van der Waals surface area contributed by atoms with Gasteiger partial charge in [0.25, 0.3) is 5.91 Å². The molecule has 3 amide bonds. The molecule has 0 unspecified atom stereocenters. The van der Waals surface area contributed by atoms with Crippen molar-refractivity contribution in [2.75, 3.05) is 6.54 Å². The summed E-state index contributed by atoms with van der Waals surface area (Å²) in [6.45, 7) is 3.41. The second-order valence-electron chi connectivity index (χ2n) is 6.30.